The maximum absolute atomic E-state index is 13.9. The molecule has 0 heterocycles. The largest absolute Gasteiger partial charge is 0.394 e. The van der Waals surface area contributed by atoms with E-state index < -0.39 is 78.2 Å². The Morgan fingerprint density at radius 1 is 0.633 bits per heavy atom. The summed E-state index contributed by atoms with van der Waals surface area (Å²) in [5.74, 6) is -4.43. The van der Waals surface area contributed by atoms with Crippen LogP contribution < -0.4 is 38.1 Å². The fraction of sp³-hybridized carbons (Fsp3) is 0.705. The number of carbonyl (C=O) groups excluding carboxylic acids is 6. The molecule has 1 aromatic rings. The van der Waals surface area contributed by atoms with Gasteiger partial charge < -0.3 is 48.3 Å². The molecule has 16 heteroatoms. The number of carbonyl (C=O) groups is 6. The van der Waals surface area contributed by atoms with Crippen LogP contribution in [0.4, 0.5) is 0 Å². The Morgan fingerprint density at radius 3 is 1.63 bits per heavy atom. The third-order valence-corrected chi connectivity index (χ3v) is 10.3. The van der Waals surface area contributed by atoms with E-state index in [-0.39, 0.29) is 44.1 Å². The molecule has 0 fully saturated rings. The molecule has 16 nitrogen and oxygen atoms in total. The standard InChI is InChI=1S/C44H76N8O8/c1-6-7-8-9-10-11-12-13-14-15-16-17-21-26-37(56)51-39(32(5)55)43(60)52-38(30(2)3)42(59)49-35(28-33-23-19-18-20-24-33)41(58)48-34(25-22-27-47-44(45)46)40(57)50-36(29-53)31(4)54/h18-20,23-24,30,32,34-36,38-39,53,55H,6-17,21-22,25-29H2,1-5H3,(H,48,58)(H,49,59)(H,50,57)(H,51,56)(H,52,60)(H4,45,46,47)/t32-,34-,35-,36-,38-,39-/m0/s1. The van der Waals surface area contributed by atoms with Crippen LogP contribution in [-0.4, -0.2) is 101 Å². The van der Waals surface area contributed by atoms with Crippen LogP contribution in [0.3, 0.4) is 0 Å². The zero-order chi connectivity index (χ0) is 44.9. The summed E-state index contributed by atoms with van der Waals surface area (Å²) >= 11 is 0. The predicted octanol–water partition coefficient (Wildman–Crippen LogP) is 2.81. The predicted molar refractivity (Wildman–Crippen MR) is 234 cm³/mol. The first-order valence-corrected chi connectivity index (χ1v) is 22.0. The molecule has 0 radical (unpaired) electrons. The molecule has 60 heavy (non-hydrogen) atoms. The molecule has 0 saturated heterocycles. The van der Waals surface area contributed by atoms with Crippen LogP contribution in [0.2, 0.25) is 0 Å². The number of hydrogen-bond donors (Lipinski definition) is 9. The van der Waals surface area contributed by atoms with Crippen molar-refractivity contribution in [2.75, 3.05) is 13.2 Å². The summed E-state index contributed by atoms with van der Waals surface area (Å²) in [5.41, 5.74) is 11.5. The van der Waals surface area contributed by atoms with Gasteiger partial charge in [0.25, 0.3) is 0 Å². The van der Waals surface area contributed by atoms with Crippen LogP contribution in [0.25, 0.3) is 0 Å². The lowest BCUT2D eigenvalue weighted by Gasteiger charge is -2.29. The van der Waals surface area contributed by atoms with Crippen molar-refractivity contribution in [3.05, 3.63) is 35.9 Å². The van der Waals surface area contributed by atoms with Gasteiger partial charge in [-0.2, -0.15) is 0 Å². The van der Waals surface area contributed by atoms with Crippen molar-refractivity contribution in [1.82, 2.24) is 26.6 Å². The lowest BCUT2D eigenvalue weighted by Crippen LogP contribution is -2.61. The van der Waals surface area contributed by atoms with Gasteiger partial charge in [-0.15, -0.1) is 0 Å². The van der Waals surface area contributed by atoms with Crippen molar-refractivity contribution in [3.63, 3.8) is 0 Å². The Balaban J connectivity index is 2.97. The lowest BCUT2D eigenvalue weighted by atomic mass is 9.99. The van der Waals surface area contributed by atoms with E-state index in [0.29, 0.717) is 12.0 Å². The maximum Gasteiger partial charge on any atom is 0.245 e. The topological polar surface area (TPSA) is 267 Å². The second-order valence-corrected chi connectivity index (χ2v) is 16.1. The molecule has 0 aliphatic heterocycles. The normalized spacial score (nSPS) is 14.1. The summed E-state index contributed by atoms with van der Waals surface area (Å²) in [5, 5.41) is 33.3. The molecule has 0 spiro atoms. The Labute approximate surface area is 357 Å². The fourth-order valence-electron chi connectivity index (χ4n) is 6.65. The summed E-state index contributed by atoms with van der Waals surface area (Å²) in [7, 11) is 0. The van der Waals surface area contributed by atoms with Crippen molar-refractivity contribution in [2.24, 2.45) is 22.4 Å². The Bertz CT molecular complexity index is 1450. The van der Waals surface area contributed by atoms with Crippen molar-refractivity contribution in [3.8, 4) is 0 Å². The van der Waals surface area contributed by atoms with E-state index in [0.717, 1.165) is 19.3 Å². The van der Waals surface area contributed by atoms with Crippen LogP contribution in [-0.2, 0) is 35.2 Å². The fourth-order valence-corrected chi connectivity index (χ4v) is 6.65. The van der Waals surface area contributed by atoms with Gasteiger partial charge in [-0.1, -0.05) is 128 Å². The number of nitrogens with one attached hydrogen (secondary N) is 5. The smallest absolute Gasteiger partial charge is 0.245 e. The van der Waals surface area contributed by atoms with Crippen LogP contribution in [0.15, 0.2) is 35.3 Å². The Morgan fingerprint density at radius 2 is 1.13 bits per heavy atom. The quantitative estimate of drug-likeness (QED) is 0.0284. The molecule has 0 aromatic heterocycles. The number of guanidine groups is 1. The number of ketones is 1. The van der Waals surface area contributed by atoms with E-state index in [4.69, 9.17) is 11.5 Å². The molecule has 1 aromatic carbocycles. The molecular formula is C44H76N8O8. The van der Waals surface area contributed by atoms with Crippen LogP contribution >= 0.6 is 0 Å². The van der Waals surface area contributed by atoms with Gasteiger partial charge in [-0.3, -0.25) is 33.8 Å². The number of aliphatic hydroxyl groups is 2. The first-order chi connectivity index (χ1) is 28.6. The minimum atomic E-state index is -1.33. The first-order valence-electron chi connectivity index (χ1n) is 22.0. The molecule has 5 amide bonds. The highest BCUT2D eigenvalue weighted by Gasteiger charge is 2.34. The molecule has 1 rings (SSSR count). The SMILES string of the molecule is CCCCCCCCCCCCCCCC(=O)N[C@H](C(=O)N[C@H](C(=O)N[C@@H](Cc1ccccc1)C(=O)N[C@@H](CCCN=C(N)N)C(=O)N[C@@H](CO)C(C)=O)C(C)C)[C@H](C)O. The van der Waals surface area contributed by atoms with Crippen molar-refractivity contribution >= 4 is 41.3 Å². The van der Waals surface area contributed by atoms with E-state index in [2.05, 4.69) is 38.5 Å². The summed E-state index contributed by atoms with van der Waals surface area (Å²) in [6, 6.07) is 2.72. The van der Waals surface area contributed by atoms with Crippen molar-refractivity contribution < 1.29 is 39.0 Å². The third-order valence-electron chi connectivity index (χ3n) is 10.3. The van der Waals surface area contributed by atoms with E-state index in [9.17, 15) is 39.0 Å². The number of benzene rings is 1. The molecule has 0 bridgehead atoms. The van der Waals surface area contributed by atoms with Gasteiger partial charge in [-0.05, 0) is 44.6 Å². The first kappa shape index (κ1) is 53.4. The van der Waals surface area contributed by atoms with Gasteiger partial charge >= 0.3 is 0 Å². The number of amides is 5. The molecule has 0 unspecified atom stereocenters. The Hall–Kier alpha value is -4.57. The molecule has 0 aliphatic rings. The summed E-state index contributed by atoms with van der Waals surface area (Å²) < 4.78 is 0. The minimum Gasteiger partial charge on any atom is -0.394 e. The van der Waals surface area contributed by atoms with E-state index in [1.54, 1.807) is 44.2 Å². The highest BCUT2D eigenvalue weighted by Crippen LogP contribution is 2.14. The second-order valence-electron chi connectivity index (χ2n) is 16.1. The Kier molecular flexibility index (Phi) is 27.9. The zero-order valence-electron chi connectivity index (χ0n) is 36.8. The molecular weight excluding hydrogens is 769 g/mol. The van der Waals surface area contributed by atoms with Gasteiger partial charge in [0.15, 0.2) is 11.7 Å². The number of nitrogens with zero attached hydrogens (tertiary/aromatic N) is 1. The number of aliphatic imine (C=N–C) groups is 1. The van der Waals surface area contributed by atoms with Gasteiger partial charge in [0, 0.05) is 19.4 Å². The maximum atomic E-state index is 13.9. The number of rotatable bonds is 33. The van der Waals surface area contributed by atoms with Gasteiger partial charge in [-0.25, -0.2) is 0 Å². The number of hydrogen-bond acceptors (Lipinski definition) is 9. The van der Waals surface area contributed by atoms with E-state index in [1.165, 1.54) is 71.6 Å². The summed E-state index contributed by atoms with van der Waals surface area (Å²) in [6.07, 6.45) is 14.4. The highest BCUT2D eigenvalue weighted by atomic mass is 16.3. The lowest BCUT2D eigenvalue weighted by molar-refractivity contribution is -0.136. The van der Waals surface area contributed by atoms with Crippen molar-refractivity contribution in [2.45, 2.75) is 180 Å². The van der Waals surface area contributed by atoms with Gasteiger partial charge in [0.05, 0.1) is 12.7 Å². The average Bonchev–Trinajstić information content (AvgIpc) is 3.20. The minimum absolute atomic E-state index is 0.0117. The van der Waals surface area contributed by atoms with Crippen molar-refractivity contribution in [1.29, 1.82) is 0 Å². The molecule has 11 N–H and O–H groups in total. The number of nitrogens with two attached hydrogens (primary N) is 2. The molecule has 0 aliphatic carbocycles. The van der Waals surface area contributed by atoms with Crippen LogP contribution in [0, 0.1) is 5.92 Å². The van der Waals surface area contributed by atoms with Gasteiger partial charge in [0.2, 0.25) is 29.5 Å². The molecule has 0 saturated carbocycles. The third kappa shape index (κ3) is 23.3. The zero-order valence-corrected chi connectivity index (χ0v) is 36.8. The van der Waals surface area contributed by atoms with E-state index >= 15 is 0 Å². The second kappa shape index (κ2) is 31.3. The average molecular weight is 845 g/mol. The number of aliphatic hydroxyl groups excluding tert-OH is 2. The summed E-state index contributed by atoms with van der Waals surface area (Å²) in [4.78, 5) is 83.4. The number of Topliss-reactive ketones (excluding diaryl/α,β-unsaturated/α-hetero) is 1. The monoisotopic (exact) mass is 845 g/mol. The number of unbranched alkanes of at least 4 members (excludes halogenated alkanes) is 12. The van der Waals surface area contributed by atoms with Crippen LogP contribution in [0.5, 0.6) is 0 Å². The van der Waals surface area contributed by atoms with Crippen LogP contribution in [0.1, 0.15) is 143 Å². The van der Waals surface area contributed by atoms with E-state index in [1.807, 2.05) is 0 Å². The molecule has 340 valence electrons. The highest BCUT2D eigenvalue weighted by molar-refractivity contribution is 5.96. The molecule has 6 atom stereocenters. The summed E-state index contributed by atoms with van der Waals surface area (Å²) in [6.45, 7) is 7.71. The van der Waals surface area contributed by atoms with Gasteiger partial charge in [0.1, 0.15) is 30.2 Å².